The molecule has 2 aliphatic rings. The summed E-state index contributed by atoms with van der Waals surface area (Å²) in [7, 11) is 3.07. The van der Waals surface area contributed by atoms with Gasteiger partial charge < -0.3 is 14.4 Å². The van der Waals surface area contributed by atoms with Gasteiger partial charge in [0.2, 0.25) is 0 Å². The van der Waals surface area contributed by atoms with E-state index in [9.17, 15) is 9.59 Å². The first-order valence-electron chi connectivity index (χ1n) is 10.4. The van der Waals surface area contributed by atoms with Gasteiger partial charge in [0, 0.05) is 23.2 Å². The van der Waals surface area contributed by atoms with Crippen LogP contribution < -0.4 is 19.3 Å². The Morgan fingerprint density at radius 3 is 2.50 bits per heavy atom. The normalized spacial score (nSPS) is 15.9. The number of rotatable bonds is 5. The number of fused-ring (bicyclic) bond motifs is 1. The molecule has 2 amide bonds. The lowest BCUT2D eigenvalue weighted by molar-refractivity contribution is -0.120. The van der Waals surface area contributed by atoms with E-state index in [2.05, 4.69) is 6.07 Å². The standard InChI is InChI=1S/C25H22N2O4S/c1-30-17-11-12-20(31-2)19(15-17)27-24(28)22(21-10-6-14-32-21)23(25(27)29)26-13-5-8-16-7-3-4-9-18(16)26/h3-4,6-7,9-12,14-15H,5,8,13H2,1-2H3. The quantitative estimate of drug-likeness (QED) is 0.540. The Kier molecular flexibility index (Phi) is 5.19. The number of hydrogen-bond donors (Lipinski definition) is 0. The molecule has 0 spiro atoms. The first-order chi connectivity index (χ1) is 15.6. The molecule has 2 aliphatic heterocycles. The van der Waals surface area contributed by atoms with Crippen LogP contribution in [0.25, 0.3) is 5.57 Å². The van der Waals surface area contributed by atoms with E-state index in [-0.39, 0.29) is 11.8 Å². The van der Waals surface area contributed by atoms with Crippen molar-refractivity contribution < 1.29 is 19.1 Å². The van der Waals surface area contributed by atoms with Crippen molar-refractivity contribution in [2.75, 3.05) is 30.6 Å². The van der Waals surface area contributed by atoms with E-state index < -0.39 is 0 Å². The zero-order valence-electron chi connectivity index (χ0n) is 17.8. The average molecular weight is 447 g/mol. The van der Waals surface area contributed by atoms with Gasteiger partial charge in [-0.3, -0.25) is 9.59 Å². The molecule has 6 nitrogen and oxygen atoms in total. The Hall–Kier alpha value is -3.58. The first-order valence-corrected chi connectivity index (χ1v) is 11.3. The highest BCUT2D eigenvalue weighted by Crippen LogP contribution is 2.43. The second-order valence-electron chi connectivity index (χ2n) is 7.57. The average Bonchev–Trinajstić information content (AvgIpc) is 3.44. The summed E-state index contributed by atoms with van der Waals surface area (Å²) in [5, 5.41) is 1.91. The van der Waals surface area contributed by atoms with Crippen LogP contribution in [0.4, 0.5) is 11.4 Å². The fraction of sp³-hybridized carbons (Fsp3) is 0.200. The Balaban J connectivity index is 1.69. The van der Waals surface area contributed by atoms with Crippen molar-refractivity contribution in [1.82, 2.24) is 0 Å². The molecule has 0 N–H and O–H groups in total. The number of benzene rings is 2. The summed E-state index contributed by atoms with van der Waals surface area (Å²) >= 11 is 1.45. The van der Waals surface area contributed by atoms with Crippen LogP contribution in [-0.2, 0) is 16.0 Å². The molecular weight excluding hydrogens is 424 g/mol. The lowest BCUT2D eigenvalue weighted by Gasteiger charge is -2.32. The van der Waals surface area contributed by atoms with Crippen molar-refractivity contribution >= 4 is 40.1 Å². The number of hydrogen-bond acceptors (Lipinski definition) is 6. The molecule has 0 bridgehead atoms. The summed E-state index contributed by atoms with van der Waals surface area (Å²) in [6.07, 6.45) is 1.85. The van der Waals surface area contributed by atoms with E-state index in [1.807, 2.05) is 40.6 Å². The van der Waals surface area contributed by atoms with Crippen LogP contribution in [0.1, 0.15) is 16.9 Å². The fourth-order valence-corrected chi connectivity index (χ4v) is 5.13. The summed E-state index contributed by atoms with van der Waals surface area (Å²) in [4.78, 5) is 31.7. The molecule has 32 heavy (non-hydrogen) atoms. The molecule has 0 saturated heterocycles. The maximum Gasteiger partial charge on any atom is 0.282 e. The van der Waals surface area contributed by atoms with E-state index in [1.165, 1.54) is 28.9 Å². The number of aryl methyl sites for hydroxylation is 1. The number of anilines is 2. The minimum absolute atomic E-state index is 0.359. The van der Waals surface area contributed by atoms with Gasteiger partial charge >= 0.3 is 0 Å². The highest BCUT2D eigenvalue weighted by molar-refractivity contribution is 7.11. The molecule has 3 heterocycles. The topological polar surface area (TPSA) is 59.1 Å². The third-order valence-corrected chi connectivity index (χ3v) is 6.72. The van der Waals surface area contributed by atoms with Crippen LogP contribution in [-0.4, -0.2) is 32.6 Å². The number of nitrogens with zero attached hydrogens (tertiary/aromatic N) is 2. The summed E-state index contributed by atoms with van der Waals surface area (Å²) in [5.41, 5.74) is 3.36. The molecule has 1 aromatic heterocycles. The van der Waals surface area contributed by atoms with Gasteiger partial charge in [0.25, 0.3) is 11.8 Å². The molecule has 0 radical (unpaired) electrons. The van der Waals surface area contributed by atoms with Gasteiger partial charge in [0.1, 0.15) is 17.2 Å². The van der Waals surface area contributed by atoms with Gasteiger partial charge in [-0.05, 0) is 48.1 Å². The first kappa shape index (κ1) is 20.3. The van der Waals surface area contributed by atoms with E-state index >= 15 is 0 Å². The maximum atomic E-state index is 13.9. The number of amides is 2. The minimum atomic E-state index is -0.360. The van der Waals surface area contributed by atoms with E-state index in [1.54, 1.807) is 25.3 Å². The van der Waals surface area contributed by atoms with Crippen molar-refractivity contribution in [3.63, 3.8) is 0 Å². The zero-order chi connectivity index (χ0) is 22.2. The third kappa shape index (κ3) is 3.17. The summed E-state index contributed by atoms with van der Waals surface area (Å²) < 4.78 is 10.8. The highest BCUT2D eigenvalue weighted by Gasteiger charge is 2.45. The molecule has 0 fully saturated rings. The minimum Gasteiger partial charge on any atom is -0.497 e. The monoisotopic (exact) mass is 446 g/mol. The van der Waals surface area contributed by atoms with Crippen LogP contribution in [0, 0.1) is 0 Å². The summed E-state index contributed by atoms with van der Waals surface area (Å²) in [6.45, 7) is 0.670. The van der Waals surface area contributed by atoms with Gasteiger partial charge in [-0.15, -0.1) is 11.3 Å². The lowest BCUT2D eigenvalue weighted by atomic mass is 10.00. The van der Waals surface area contributed by atoms with Crippen molar-refractivity contribution in [3.05, 3.63) is 76.1 Å². The predicted molar refractivity (Wildman–Crippen MR) is 125 cm³/mol. The van der Waals surface area contributed by atoms with Gasteiger partial charge in [-0.1, -0.05) is 24.3 Å². The van der Waals surface area contributed by atoms with Crippen molar-refractivity contribution in [1.29, 1.82) is 0 Å². The molecule has 5 rings (SSSR count). The van der Waals surface area contributed by atoms with Crippen molar-refractivity contribution in [2.24, 2.45) is 0 Å². The summed E-state index contributed by atoms with van der Waals surface area (Å²) in [6, 6.07) is 16.9. The van der Waals surface area contributed by atoms with Gasteiger partial charge in [0.05, 0.1) is 25.5 Å². The van der Waals surface area contributed by atoms with Gasteiger partial charge in [-0.2, -0.15) is 0 Å². The van der Waals surface area contributed by atoms with E-state index in [0.717, 1.165) is 23.4 Å². The fourth-order valence-electron chi connectivity index (χ4n) is 4.37. The Morgan fingerprint density at radius 2 is 1.75 bits per heavy atom. The highest BCUT2D eigenvalue weighted by atomic mass is 32.1. The van der Waals surface area contributed by atoms with Crippen LogP contribution in [0.15, 0.2) is 65.7 Å². The molecule has 2 aromatic carbocycles. The second kappa shape index (κ2) is 8.16. The van der Waals surface area contributed by atoms with Crippen LogP contribution >= 0.6 is 11.3 Å². The number of imide groups is 1. The van der Waals surface area contributed by atoms with Gasteiger partial charge in [-0.25, -0.2) is 4.90 Å². The largest absolute Gasteiger partial charge is 0.497 e. The van der Waals surface area contributed by atoms with E-state index in [0.29, 0.717) is 35.0 Å². The number of methoxy groups -OCH3 is 2. The zero-order valence-corrected chi connectivity index (χ0v) is 18.6. The lowest BCUT2D eigenvalue weighted by Crippen LogP contribution is -2.37. The van der Waals surface area contributed by atoms with Crippen LogP contribution in [0.2, 0.25) is 0 Å². The Morgan fingerprint density at radius 1 is 0.906 bits per heavy atom. The van der Waals surface area contributed by atoms with Crippen LogP contribution in [0.3, 0.4) is 0 Å². The SMILES string of the molecule is COc1ccc(OC)c(N2C(=O)C(c3cccs3)=C(N3CCCc4ccccc43)C2=O)c1. The Labute approximate surface area is 190 Å². The molecule has 0 saturated carbocycles. The smallest absolute Gasteiger partial charge is 0.282 e. The molecule has 162 valence electrons. The third-order valence-electron chi connectivity index (χ3n) is 5.83. The molecule has 0 unspecified atom stereocenters. The predicted octanol–water partition coefficient (Wildman–Crippen LogP) is 4.50. The molecule has 3 aromatic rings. The summed E-state index contributed by atoms with van der Waals surface area (Å²) in [5.74, 6) is 0.248. The van der Waals surface area contributed by atoms with Crippen LogP contribution in [0.5, 0.6) is 11.5 Å². The van der Waals surface area contributed by atoms with Gasteiger partial charge in [0.15, 0.2) is 0 Å². The second-order valence-corrected chi connectivity index (χ2v) is 8.52. The van der Waals surface area contributed by atoms with E-state index in [4.69, 9.17) is 9.47 Å². The molecular formula is C25H22N2O4S. The van der Waals surface area contributed by atoms with Crippen molar-refractivity contribution in [3.8, 4) is 11.5 Å². The molecule has 7 heteroatoms. The molecule has 0 aliphatic carbocycles. The van der Waals surface area contributed by atoms with Crippen molar-refractivity contribution in [2.45, 2.75) is 12.8 Å². The Bertz CT molecular complexity index is 1230. The maximum absolute atomic E-state index is 13.9. The molecule has 0 atom stereocenters. The number of para-hydroxylation sites is 1. The number of carbonyl (C=O) groups excluding carboxylic acids is 2. The number of ether oxygens (including phenoxy) is 2. The number of carbonyl (C=O) groups is 2. The number of thiophene rings is 1.